The minimum atomic E-state index is -0.396. The first-order valence-electron chi connectivity index (χ1n) is 4.56. The monoisotopic (exact) mass is 173 g/mol. The Balaban J connectivity index is 4.19. The molecule has 0 aliphatic rings. The van der Waals surface area contributed by atoms with Crippen molar-refractivity contribution in [1.29, 1.82) is 0 Å². The highest BCUT2D eigenvalue weighted by molar-refractivity contribution is 5.76. The summed E-state index contributed by atoms with van der Waals surface area (Å²) in [5, 5.41) is 11.9. The molecule has 0 bridgehead atoms. The molecule has 0 aromatic rings. The molecule has 0 aliphatic carbocycles. The Morgan fingerprint density at radius 2 is 1.83 bits per heavy atom. The van der Waals surface area contributed by atoms with E-state index < -0.39 is 5.54 Å². The van der Waals surface area contributed by atoms with Crippen molar-refractivity contribution in [3.63, 3.8) is 0 Å². The lowest BCUT2D eigenvalue weighted by Gasteiger charge is -2.30. The summed E-state index contributed by atoms with van der Waals surface area (Å²) < 4.78 is 0. The number of hydrogen-bond acceptors (Lipinski definition) is 2. The molecule has 12 heavy (non-hydrogen) atoms. The average molecular weight is 173 g/mol. The van der Waals surface area contributed by atoms with Crippen LogP contribution in [0.2, 0.25) is 0 Å². The third-order valence-electron chi connectivity index (χ3n) is 2.38. The maximum absolute atomic E-state index is 11.1. The topological polar surface area (TPSA) is 49.3 Å². The predicted octanol–water partition coefficient (Wildman–Crippen LogP) is 1.06. The fraction of sp³-hybridized carbons (Fsp3) is 0.889. The van der Waals surface area contributed by atoms with E-state index in [9.17, 15) is 4.79 Å². The van der Waals surface area contributed by atoms with Crippen LogP contribution in [-0.2, 0) is 4.79 Å². The maximum Gasteiger partial charge on any atom is 0.220 e. The Hall–Kier alpha value is -0.570. The number of carbonyl (C=O) groups is 1. The molecule has 0 saturated carbocycles. The molecule has 1 amide bonds. The zero-order valence-electron chi connectivity index (χ0n) is 8.18. The third-order valence-corrected chi connectivity index (χ3v) is 2.38. The smallest absolute Gasteiger partial charge is 0.220 e. The summed E-state index contributed by atoms with van der Waals surface area (Å²) in [5.74, 6) is 0.00718. The highest BCUT2D eigenvalue weighted by Gasteiger charge is 2.26. The largest absolute Gasteiger partial charge is 0.394 e. The normalized spacial score (nSPS) is 11.3. The lowest BCUT2D eigenvalue weighted by molar-refractivity contribution is -0.123. The van der Waals surface area contributed by atoms with Crippen LogP contribution in [0.5, 0.6) is 0 Å². The van der Waals surface area contributed by atoms with E-state index in [0.717, 1.165) is 12.8 Å². The number of rotatable bonds is 5. The van der Waals surface area contributed by atoms with E-state index in [1.807, 2.05) is 20.8 Å². The van der Waals surface area contributed by atoms with Crippen LogP contribution in [0.15, 0.2) is 0 Å². The first kappa shape index (κ1) is 11.4. The number of aliphatic hydroxyl groups is 1. The fourth-order valence-electron chi connectivity index (χ4n) is 1.07. The number of amides is 1. The molecule has 0 spiro atoms. The minimum Gasteiger partial charge on any atom is -0.394 e. The van der Waals surface area contributed by atoms with Crippen molar-refractivity contribution in [3.05, 3.63) is 0 Å². The zero-order valence-corrected chi connectivity index (χ0v) is 8.18. The average Bonchev–Trinajstić information content (AvgIpc) is 2.14. The summed E-state index contributed by atoms with van der Waals surface area (Å²) >= 11 is 0. The van der Waals surface area contributed by atoms with Gasteiger partial charge in [0.25, 0.3) is 0 Å². The number of aliphatic hydroxyl groups excluding tert-OH is 1. The highest BCUT2D eigenvalue weighted by atomic mass is 16.3. The summed E-state index contributed by atoms with van der Waals surface area (Å²) in [6.07, 6.45) is 2.01. The SMILES string of the molecule is CCC(=O)NC(CC)(CC)CO. The van der Waals surface area contributed by atoms with E-state index in [0.29, 0.717) is 6.42 Å². The minimum absolute atomic E-state index is 0.00718. The molecule has 2 N–H and O–H groups in total. The van der Waals surface area contributed by atoms with Gasteiger partial charge in [-0.05, 0) is 12.8 Å². The second-order valence-electron chi connectivity index (χ2n) is 3.05. The Bertz CT molecular complexity index is 133. The van der Waals surface area contributed by atoms with Crippen LogP contribution < -0.4 is 5.32 Å². The molecule has 0 unspecified atom stereocenters. The number of nitrogens with one attached hydrogen (secondary N) is 1. The van der Waals surface area contributed by atoms with Crippen LogP contribution >= 0.6 is 0 Å². The molecule has 0 aromatic heterocycles. The third kappa shape index (κ3) is 2.81. The van der Waals surface area contributed by atoms with Gasteiger partial charge in [0.1, 0.15) is 0 Å². The van der Waals surface area contributed by atoms with Gasteiger partial charge in [-0.2, -0.15) is 0 Å². The maximum atomic E-state index is 11.1. The van der Waals surface area contributed by atoms with Crippen LogP contribution in [0.3, 0.4) is 0 Å². The van der Waals surface area contributed by atoms with E-state index >= 15 is 0 Å². The van der Waals surface area contributed by atoms with Crippen molar-refractivity contribution >= 4 is 5.91 Å². The van der Waals surface area contributed by atoms with Crippen molar-refractivity contribution in [2.45, 2.75) is 45.6 Å². The van der Waals surface area contributed by atoms with E-state index in [4.69, 9.17) is 5.11 Å². The molecule has 0 heterocycles. The quantitative estimate of drug-likeness (QED) is 0.653. The van der Waals surface area contributed by atoms with Gasteiger partial charge in [-0.25, -0.2) is 0 Å². The van der Waals surface area contributed by atoms with Gasteiger partial charge in [-0.15, -0.1) is 0 Å². The Morgan fingerprint density at radius 1 is 1.33 bits per heavy atom. The summed E-state index contributed by atoms with van der Waals surface area (Å²) in [5.41, 5.74) is -0.396. The summed E-state index contributed by atoms with van der Waals surface area (Å²) in [4.78, 5) is 11.1. The highest BCUT2D eigenvalue weighted by Crippen LogP contribution is 2.13. The van der Waals surface area contributed by atoms with E-state index in [-0.39, 0.29) is 12.5 Å². The van der Waals surface area contributed by atoms with Crippen molar-refractivity contribution in [3.8, 4) is 0 Å². The molecule has 3 heteroatoms. The molecule has 0 radical (unpaired) electrons. The van der Waals surface area contributed by atoms with E-state index in [2.05, 4.69) is 5.32 Å². The molecular formula is C9H19NO2. The van der Waals surface area contributed by atoms with Crippen molar-refractivity contribution in [1.82, 2.24) is 5.32 Å². The predicted molar refractivity (Wildman–Crippen MR) is 48.8 cm³/mol. The first-order chi connectivity index (χ1) is 5.64. The van der Waals surface area contributed by atoms with Crippen LogP contribution in [0, 0.1) is 0 Å². The van der Waals surface area contributed by atoms with Crippen molar-refractivity contribution < 1.29 is 9.90 Å². The molecule has 0 aromatic carbocycles. The standard InChI is InChI=1S/C9H19NO2/c1-4-8(12)10-9(5-2,6-3)7-11/h11H,4-7H2,1-3H3,(H,10,12). The lowest BCUT2D eigenvalue weighted by Crippen LogP contribution is -2.50. The molecule has 0 aliphatic heterocycles. The zero-order chi connectivity index (χ0) is 9.61. The van der Waals surface area contributed by atoms with Gasteiger partial charge in [-0.1, -0.05) is 20.8 Å². The molecule has 72 valence electrons. The van der Waals surface area contributed by atoms with Gasteiger partial charge >= 0.3 is 0 Å². The Kier molecular flexibility index (Phi) is 4.90. The van der Waals surface area contributed by atoms with Gasteiger partial charge in [0, 0.05) is 6.42 Å². The van der Waals surface area contributed by atoms with Crippen LogP contribution in [0.25, 0.3) is 0 Å². The summed E-state index contributed by atoms with van der Waals surface area (Å²) in [7, 11) is 0. The molecule has 3 nitrogen and oxygen atoms in total. The molecule has 0 saturated heterocycles. The van der Waals surface area contributed by atoms with E-state index in [1.54, 1.807) is 0 Å². The summed E-state index contributed by atoms with van der Waals surface area (Å²) in [6, 6.07) is 0. The summed E-state index contributed by atoms with van der Waals surface area (Å²) in [6.45, 7) is 5.76. The van der Waals surface area contributed by atoms with Gasteiger partial charge in [-0.3, -0.25) is 4.79 Å². The van der Waals surface area contributed by atoms with Crippen molar-refractivity contribution in [2.24, 2.45) is 0 Å². The van der Waals surface area contributed by atoms with Gasteiger partial charge < -0.3 is 10.4 Å². The molecule has 0 rings (SSSR count). The van der Waals surface area contributed by atoms with Gasteiger partial charge in [0.2, 0.25) is 5.91 Å². The van der Waals surface area contributed by atoms with Crippen LogP contribution in [0.4, 0.5) is 0 Å². The number of hydrogen-bond donors (Lipinski definition) is 2. The number of carbonyl (C=O) groups excluding carboxylic acids is 1. The fourth-order valence-corrected chi connectivity index (χ4v) is 1.07. The Labute approximate surface area is 74.2 Å². The van der Waals surface area contributed by atoms with Crippen LogP contribution in [-0.4, -0.2) is 23.2 Å². The Morgan fingerprint density at radius 3 is 2.08 bits per heavy atom. The van der Waals surface area contributed by atoms with Crippen molar-refractivity contribution in [2.75, 3.05) is 6.61 Å². The molecular weight excluding hydrogens is 154 g/mol. The second-order valence-corrected chi connectivity index (χ2v) is 3.05. The van der Waals surface area contributed by atoms with Crippen LogP contribution in [0.1, 0.15) is 40.0 Å². The van der Waals surface area contributed by atoms with Gasteiger partial charge in [0.15, 0.2) is 0 Å². The molecule has 0 atom stereocenters. The molecule has 0 fully saturated rings. The second kappa shape index (κ2) is 5.14. The van der Waals surface area contributed by atoms with E-state index in [1.165, 1.54) is 0 Å². The first-order valence-corrected chi connectivity index (χ1v) is 4.56. The lowest BCUT2D eigenvalue weighted by atomic mass is 9.94. The van der Waals surface area contributed by atoms with Gasteiger partial charge in [0.05, 0.1) is 12.1 Å².